The van der Waals surface area contributed by atoms with E-state index < -0.39 is 36.6 Å². The minimum atomic E-state index is -2.81. The number of nitrogens with zero attached hydrogens (tertiary/aromatic N) is 3. The molecule has 4 heteroatoms. The van der Waals surface area contributed by atoms with E-state index in [1.165, 1.54) is 5.56 Å². The van der Waals surface area contributed by atoms with Gasteiger partial charge in [-0.15, -0.1) is 0 Å². The molecule has 1 N–H and O–H groups in total. The summed E-state index contributed by atoms with van der Waals surface area (Å²) in [6, 6.07) is 32.8. The minimum Gasteiger partial charge on any atom is -0.507 e. The van der Waals surface area contributed by atoms with Gasteiger partial charge in [-0.25, -0.2) is 4.98 Å². The highest BCUT2D eigenvalue weighted by Gasteiger charge is 2.25. The van der Waals surface area contributed by atoms with Crippen LogP contribution >= 0.6 is 0 Å². The van der Waals surface area contributed by atoms with Gasteiger partial charge < -0.3 is 5.11 Å². The summed E-state index contributed by atoms with van der Waals surface area (Å²) in [6.07, 6.45) is 1.57. The second-order valence-corrected chi connectivity index (χ2v) is 17.3. The summed E-state index contributed by atoms with van der Waals surface area (Å²) in [5.74, 6) is 1.08. The van der Waals surface area contributed by atoms with Crippen molar-refractivity contribution in [3.63, 3.8) is 0 Å². The normalized spacial score (nSPS) is 13.8. The smallest absolute Gasteiger partial charge is 0.149 e. The van der Waals surface area contributed by atoms with Gasteiger partial charge in [0.2, 0.25) is 0 Å². The number of hydrogen-bond acceptors (Lipinski definition) is 3. The second-order valence-electron chi connectivity index (χ2n) is 17.3. The van der Waals surface area contributed by atoms with E-state index in [0.29, 0.717) is 22.6 Å². The molecule has 0 unspecified atom stereocenters. The van der Waals surface area contributed by atoms with Gasteiger partial charge in [-0.1, -0.05) is 133 Å². The SMILES string of the molecule is [2H]c1c([2H])c(C([2H])([2H])[2H])c([2H])c([2H])c1-c1ccnc(-c2cc(-c3cccc4c3nc(-c3cc(C(C)C)cc(C(C)C)c3O)n4-c3cc(C)c(C)c(-c4ccccc4)c3)cc(C(C)(C)C)c2)c1. The number of pyridine rings is 1. The molecule has 0 fully saturated rings. The van der Waals surface area contributed by atoms with Crippen LogP contribution in [0.2, 0.25) is 0 Å². The van der Waals surface area contributed by atoms with E-state index in [1.54, 1.807) is 18.3 Å². The molecule has 0 radical (unpaired) electrons. The van der Waals surface area contributed by atoms with Crippen molar-refractivity contribution in [2.75, 3.05) is 0 Å². The van der Waals surface area contributed by atoms with Crippen LogP contribution in [-0.4, -0.2) is 19.6 Å². The summed E-state index contributed by atoms with van der Waals surface area (Å²) in [5.41, 5.74) is 13.2. The van der Waals surface area contributed by atoms with Crippen LogP contribution in [0, 0.1) is 20.7 Å². The van der Waals surface area contributed by atoms with Crippen molar-refractivity contribution in [1.29, 1.82) is 0 Å². The lowest BCUT2D eigenvalue weighted by Crippen LogP contribution is -2.11. The fourth-order valence-corrected chi connectivity index (χ4v) is 7.85. The number of aryl methyl sites for hydroxylation is 1. The predicted octanol–water partition coefficient (Wildman–Crippen LogP) is 14.9. The molecular formula is C55H55N3O. The first kappa shape index (κ1) is 31.7. The number of hydrogen-bond donors (Lipinski definition) is 1. The van der Waals surface area contributed by atoms with Crippen LogP contribution in [0.3, 0.4) is 0 Å². The van der Waals surface area contributed by atoms with Gasteiger partial charge in [-0.2, -0.15) is 0 Å². The van der Waals surface area contributed by atoms with Crippen molar-refractivity contribution in [2.24, 2.45) is 0 Å². The Kier molecular flexibility index (Phi) is 8.32. The Morgan fingerprint density at radius 2 is 1.42 bits per heavy atom. The van der Waals surface area contributed by atoms with Crippen LogP contribution in [0.1, 0.15) is 103 Å². The lowest BCUT2D eigenvalue weighted by molar-refractivity contribution is 0.466. The molecule has 59 heavy (non-hydrogen) atoms. The number of phenolic OH excluding ortho intramolecular Hbond substituents is 1. The Balaban J connectivity index is 1.40. The number of rotatable bonds is 8. The molecule has 0 atom stereocenters. The zero-order chi connectivity index (χ0) is 47.7. The fraction of sp³-hybridized carbons (Fsp3) is 0.236. The van der Waals surface area contributed by atoms with Gasteiger partial charge in [0.1, 0.15) is 11.6 Å². The zero-order valence-electron chi connectivity index (χ0n) is 42.3. The molecule has 0 aliphatic rings. The molecule has 0 aliphatic heterocycles. The van der Waals surface area contributed by atoms with Gasteiger partial charge in [0.05, 0.1) is 27.8 Å². The van der Waals surface area contributed by atoms with E-state index in [-0.39, 0.29) is 28.6 Å². The van der Waals surface area contributed by atoms with E-state index in [2.05, 4.69) is 146 Å². The van der Waals surface area contributed by atoms with Gasteiger partial charge in [0.25, 0.3) is 0 Å². The summed E-state index contributed by atoms with van der Waals surface area (Å²) >= 11 is 0. The van der Waals surface area contributed by atoms with Crippen LogP contribution < -0.4 is 0 Å². The number of phenols is 1. The summed E-state index contributed by atoms with van der Waals surface area (Å²) in [4.78, 5) is 10.3. The number of benzene rings is 6. The molecule has 0 aliphatic carbocycles. The topological polar surface area (TPSA) is 50.9 Å². The molecular weight excluding hydrogens is 719 g/mol. The van der Waals surface area contributed by atoms with Crippen LogP contribution in [0.5, 0.6) is 5.75 Å². The van der Waals surface area contributed by atoms with Crippen molar-refractivity contribution < 1.29 is 14.7 Å². The Morgan fingerprint density at radius 1 is 0.678 bits per heavy atom. The summed E-state index contributed by atoms with van der Waals surface area (Å²) in [5, 5.41) is 12.2. The lowest BCUT2D eigenvalue weighted by atomic mass is 9.83. The molecule has 4 nitrogen and oxygen atoms in total. The summed E-state index contributed by atoms with van der Waals surface area (Å²) in [6.45, 7) is 16.4. The van der Waals surface area contributed by atoms with E-state index >= 15 is 0 Å². The number of aromatic hydroxyl groups is 1. The fourth-order valence-electron chi connectivity index (χ4n) is 7.85. The maximum absolute atomic E-state index is 12.2. The highest BCUT2D eigenvalue weighted by Crippen LogP contribution is 2.44. The molecule has 2 aromatic heterocycles. The van der Waals surface area contributed by atoms with Crippen LogP contribution in [-0.2, 0) is 5.41 Å². The monoisotopic (exact) mass is 780 g/mol. The molecule has 6 aromatic carbocycles. The molecule has 8 aromatic rings. The summed E-state index contributed by atoms with van der Waals surface area (Å²) in [7, 11) is 0. The zero-order valence-corrected chi connectivity index (χ0v) is 35.3. The molecule has 2 heterocycles. The lowest BCUT2D eigenvalue weighted by Gasteiger charge is -2.22. The van der Waals surface area contributed by atoms with Gasteiger partial charge in [-0.3, -0.25) is 9.55 Å². The number of aromatic nitrogens is 3. The molecule has 8 rings (SSSR count). The average Bonchev–Trinajstić information content (AvgIpc) is 3.66. The number of imidazole rings is 1. The Hall–Kier alpha value is -6.26. The molecule has 0 saturated heterocycles. The van der Waals surface area contributed by atoms with E-state index in [9.17, 15) is 5.11 Å². The van der Waals surface area contributed by atoms with Crippen molar-refractivity contribution in [3.05, 3.63) is 167 Å². The van der Waals surface area contributed by atoms with Crippen LogP contribution in [0.4, 0.5) is 0 Å². The molecule has 0 saturated carbocycles. The van der Waals surface area contributed by atoms with Crippen molar-refractivity contribution >= 4 is 11.0 Å². The molecule has 0 amide bonds. The first-order valence-corrected chi connectivity index (χ1v) is 20.4. The third-order valence-electron chi connectivity index (χ3n) is 11.5. The first-order valence-electron chi connectivity index (χ1n) is 23.9. The number of fused-ring (bicyclic) bond motifs is 1. The van der Waals surface area contributed by atoms with E-state index in [4.69, 9.17) is 19.6 Å². The van der Waals surface area contributed by atoms with Gasteiger partial charge in [0, 0.05) is 27.1 Å². The second kappa shape index (κ2) is 15.5. The van der Waals surface area contributed by atoms with Gasteiger partial charge >= 0.3 is 0 Å². The standard InChI is InChI=1S/C55H55N3O/c1-33(2)41-29-47(34(3)4)53(59)49(30-41)54-57-52-46(17-14-18-51(52)58(54)45-25-36(6)37(7)48(32-45)39-15-12-11-13-16-39)42-26-43(28-44(27-42)55(8,9)10)50-31-40(23-24-56-50)38-21-19-35(5)20-22-38/h11-34,59H,1-10H3/i5D3,19D,20D,21D,22D. The summed E-state index contributed by atoms with van der Waals surface area (Å²) < 4.78 is 60.6. The highest BCUT2D eigenvalue weighted by atomic mass is 16.3. The van der Waals surface area contributed by atoms with Gasteiger partial charge in [0.15, 0.2) is 0 Å². The third kappa shape index (κ3) is 7.60. The van der Waals surface area contributed by atoms with E-state index in [0.717, 1.165) is 66.8 Å². The largest absolute Gasteiger partial charge is 0.507 e. The third-order valence-corrected chi connectivity index (χ3v) is 11.5. The maximum atomic E-state index is 12.2. The Morgan fingerprint density at radius 3 is 2.12 bits per heavy atom. The molecule has 0 spiro atoms. The number of para-hydroxylation sites is 1. The highest BCUT2D eigenvalue weighted by molar-refractivity contribution is 5.97. The van der Waals surface area contributed by atoms with Crippen LogP contribution in [0.15, 0.2) is 133 Å². The van der Waals surface area contributed by atoms with Crippen LogP contribution in [0.25, 0.3) is 72.7 Å². The molecule has 296 valence electrons. The average molecular weight is 781 g/mol. The predicted molar refractivity (Wildman–Crippen MR) is 249 cm³/mol. The van der Waals surface area contributed by atoms with Crippen molar-refractivity contribution in [1.82, 2.24) is 14.5 Å². The Bertz CT molecular complexity index is 3170. The first-order chi connectivity index (χ1) is 31.1. The quantitative estimate of drug-likeness (QED) is 0.167. The van der Waals surface area contributed by atoms with Gasteiger partial charge in [-0.05, 0) is 142 Å². The maximum Gasteiger partial charge on any atom is 0.149 e. The van der Waals surface area contributed by atoms with Crippen molar-refractivity contribution in [3.8, 4) is 67.5 Å². The van der Waals surface area contributed by atoms with E-state index in [1.807, 2.05) is 12.1 Å². The molecule has 0 bridgehead atoms. The van der Waals surface area contributed by atoms with Crippen molar-refractivity contribution in [2.45, 2.75) is 86.4 Å². The minimum absolute atomic E-state index is 0.00358. The Labute approximate surface area is 360 Å².